The smallest absolute Gasteiger partial charge is 0.404 e. The molecule has 0 aromatic heterocycles. The number of nitrogens with two attached hydrogens (primary N) is 1. The Labute approximate surface area is 194 Å². The van der Waals surface area contributed by atoms with Crippen molar-refractivity contribution in [3.63, 3.8) is 0 Å². The number of nitrogens with zero attached hydrogens (tertiary/aromatic N) is 2. The number of hydrogen-bond donors (Lipinski definition) is 3. The number of carbonyl (C=O) groups is 2. The Morgan fingerprint density at radius 2 is 1.94 bits per heavy atom. The monoisotopic (exact) mass is 481 g/mol. The first-order valence-corrected chi connectivity index (χ1v) is 10.9. The summed E-state index contributed by atoms with van der Waals surface area (Å²) in [5.41, 5.74) is 3.12. The number of rotatable bonds is 8. The van der Waals surface area contributed by atoms with E-state index in [2.05, 4.69) is 22.2 Å². The molecule has 1 saturated carbocycles. The molecule has 1 aromatic rings. The lowest BCUT2D eigenvalue weighted by molar-refractivity contribution is -0.139. The van der Waals surface area contributed by atoms with Crippen LogP contribution in [-0.4, -0.2) is 43.2 Å². The molecule has 1 aromatic carbocycles. The molecule has 0 spiro atoms. The van der Waals surface area contributed by atoms with Gasteiger partial charge in [0.1, 0.15) is 16.9 Å². The molecule has 184 valence electrons. The molecule has 1 aliphatic heterocycles. The van der Waals surface area contributed by atoms with E-state index >= 15 is 0 Å². The van der Waals surface area contributed by atoms with Crippen LogP contribution in [0, 0.1) is 11.7 Å². The number of halogens is 4. The zero-order chi connectivity index (χ0) is 24.9. The quantitative estimate of drug-likeness (QED) is 0.302. The zero-order valence-electron chi connectivity index (χ0n) is 18.5. The van der Waals surface area contributed by atoms with E-state index in [9.17, 15) is 27.2 Å². The summed E-state index contributed by atoms with van der Waals surface area (Å²) in [5.74, 6) is -2.08. The molecule has 1 heterocycles. The van der Waals surface area contributed by atoms with Crippen LogP contribution in [-0.2, 0) is 15.8 Å². The molecule has 7 nitrogen and oxygen atoms in total. The fourth-order valence-electron chi connectivity index (χ4n) is 3.97. The van der Waals surface area contributed by atoms with Crippen LogP contribution in [0.2, 0.25) is 0 Å². The van der Waals surface area contributed by atoms with Crippen molar-refractivity contribution in [2.75, 3.05) is 24.5 Å². The lowest BCUT2D eigenvalue weighted by Gasteiger charge is -2.35. The van der Waals surface area contributed by atoms with E-state index in [4.69, 9.17) is 5.73 Å². The van der Waals surface area contributed by atoms with Gasteiger partial charge >= 0.3 is 6.18 Å². The first kappa shape index (κ1) is 25.3. The minimum Gasteiger partial charge on any atom is -0.404 e. The minimum atomic E-state index is -4.79. The van der Waals surface area contributed by atoms with Gasteiger partial charge in [0.2, 0.25) is 5.91 Å². The predicted molar refractivity (Wildman–Crippen MR) is 120 cm³/mol. The van der Waals surface area contributed by atoms with E-state index in [-0.39, 0.29) is 23.1 Å². The van der Waals surface area contributed by atoms with Gasteiger partial charge < -0.3 is 21.3 Å². The van der Waals surface area contributed by atoms with E-state index in [1.807, 2.05) is 0 Å². The van der Waals surface area contributed by atoms with Crippen molar-refractivity contribution < 1.29 is 27.2 Å². The Morgan fingerprint density at radius 3 is 2.50 bits per heavy atom. The number of alkyl halides is 3. The average molecular weight is 481 g/mol. The number of amides is 2. The van der Waals surface area contributed by atoms with Crippen LogP contribution in [0.5, 0.6) is 0 Å². The molecule has 1 saturated heterocycles. The van der Waals surface area contributed by atoms with Gasteiger partial charge in [0.25, 0.3) is 5.91 Å². The molecule has 0 unspecified atom stereocenters. The summed E-state index contributed by atoms with van der Waals surface area (Å²) in [6, 6.07) is 3.35. The predicted octanol–water partition coefficient (Wildman–Crippen LogP) is 2.88. The van der Waals surface area contributed by atoms with Crippen molar-refractivity contribution in [2.45, 2.75) is 37.4 Å². The first-order chi connectivity index (χ1) is 16.1. The maximum atomic E-state index is 13.9. The molecular formula is C23H27F4N5O2. The van der Waals surface area contributed by atoms with Crippen LogP contribution in [0.3, 0.4) is 0 Å². The van der Waals surface area contributed by atoms with E-state index in [1.54, 1.807) is 0 Å². The molecule has 0 bridgehead atoms. The highest BCUT2D eigenvalue weighted by Gasteiger charge is 2.51. The van der Waals surface area contributed by atoms with Gasteiger partial charge in [0.05, 0.1) is 11.3 Å². The highest BCUT2D eigenvalue weighted by atomic mass is 19.4. The number of benzene rings is 1. The molecule has 2 aliphatic rings. The molecule has 1 aliphatic carbocycles. The summed E-state index contributed by atoms with van der Waals surface area (Å²) in [6.45, 7) is 4.37. The second-order valence-electron chi connectivity index (χ2n) is 8.39. The summed E-state index contributed by atoms with van der Waals surface area (Å²) >= 11 is 0. The lowest BCUT2D eigenvalue weighted by Crippen LogP contribution is -2.51. The topological polar surface area (TPSA) is 99.8 Å². The van der Waals surface area contributed by atoms with Gasteiger partial charge in [-0.1, -0.05) is 12.6 Å². The number of carbonyl (C=O) groups excluding carboxylic acids is 2. The number of anilines is 1. The Kier molecular flexibility index (Phi) is 7.63. The van der Waals surface area contributed by atoms with Gasteiger partial charge in [-0.25, -0.2) is 4.39 Å². The second kappa shape index (κ2) is 10.3. The van der Waals surface area contributed by atoms with Crippen LogP contribution in [0.25, 0.3) is 0 Å². The fraction of sp³-hybridized carbons (Fsp3) is 0.435. The van der Waals surface area contributed by atoms with E-state index in [0.29, 0.717) is 45.3 Å². The van der Waals surface area contributed by atoms with Crippen LogP contribution in [0.4, 0.5) is 23.2 Å². The minimum absolute atomic E-state index is 0.0498. The van der Waals surface area contributed by atoms with E-state index < -0.39 is 29.0 Å². The second-order valence-corrected chi connectivity index (χ2v) is 8.39. The normalized spacial score (nSPS) is 18.6. The average Bonchev–Trinajstić information content (AvgIpc) is 3.58. The number of nitrogens with one attached hydrogen (secondary N) is 2. The van der Waals surface area contributed by atoms with Gasteiger partial charge in [0, 0.05) is 38.2 Å². The molecule has 3 rings (SSSR count). The first-order valence-electron chi connectivity index (χ1n) is 10.9. The fourth-order valence-corrected chi connectivity index (χ4v) is 3.97. The Morgan fingerprint density at radius 1 is 1.26 bits per heavy atom. The number of aliphatic imine (C=N–C) groups is 1. The van der Waals surface area contributed by atoms with Crippen molar-refractivity contribution >= 4 is 23.7 Å². The zero-order valence-corrected chi connectivity index (χ0v) is 18.5. The third-order valence-electron chi connectivity index (χ3n) is 6.08. The Balaban J connectivity index is 1.53. The third kappa shape index (κ3) is 5.75. The molecule has 34 heavy (non-hydrogen) atoms. The van der Waals surface area contributed by atoms with Crippen molar-refractivity contribution in [3.8, 4) is 0 Å². The van der Waals surface area contributed by atoms with Crippen molar-refractivity contribution in [3.05, 3.63) is 54.1 Å². The Bertz CT molecular complexity index is 994. The van der Waals surface area contributed by atoms with Crippen molar-refractivity contribution in [1.29, 1.82) is 0 Å². The SMILES string of the molecule is C=C/N=C\C(=C/N)C(=O)NC1(C(=O)NCC2CCN(c3cccc(F)c3C(F)(F)F)CC2)CC1. The maximum Gasteiger partial charge on any atom is 0.421 e. The highest BCUT2D eigenvalue weighted by molar-refractivity contribution is 6.13. The lowest BCUT2D eigenvalue weighted by atomic mass is 9.95. The Hall–Kier alpha value is -3.37. The molecular weight excluding hydrogens is 454 g/mol. The van der Waals surface area contributed by atoms with E-state index in [1.165, 1.54) is 29.4 Å². The summed E-state index contributed by atoms with van der Waals surface area (Å²) in [5, 5.41) is 5.54. The number of piperidine rings is 1. The molecule has 4 N–H and O–H groups in total. The summed E-state index contributed by atoms with van der Waals surface area (Å²) < 4.78 is 53.9. The van der Waals surface area contributed by atoms with Crippen molar-refractivity contribution in [1.82, 2.24) is 10.6 Å². The molecule has 2 fully saturated rings. The van der Waals surface area contributed by atoms with Crippen LogP contribution in [0.1, 0.15) is 31.2 Å². The van der Waals surface area contributed by atoms with Gasteiger partial charge in [-0.2, -0.15) is 13.2 Å². The molecule has 2 amide bonds. The van der Waals surface area contributed by atoms with E-state index in [0.717, 1.165) is 12.3 Å². The standard InChI is InChI=1S/C23H27F4N5O2/c1-2-29-14-16(12-28)20(33)31-22(8-9-22)21(34)30-13-15-6-10-32(11-7-15)18-5-3-4-17(24)19(18)23(25,26)27/h2-5,12,14-15H,1,6-11,13,28H2,(H,30,34)(H,31,33)/b16-12+,29-14-. The van der Waals surface area contributed by atoms with Gasteiger partial charge in [-0.15, -0.1) is 0 Å². The summed E-state index contributed by atoms with van der Waals surface area (Å²) in [7, 11) is 0. The molecule has 11 heteroatoms. The summed E-state index contributed by atoms with van der Waals surface area (Å²) in [4.78, 5) is 30.3. The van der Waals surface area contributed by atoms with Crippen LogP contribution in [0.15, 0.2) is 47.7 Å². The van der Waals surface area contributed by atoms with Crippen molar-refractivity contribution in [2.24, 2.45) is 16.6 Å². The van der Waals surface area contributed by atoms with Gasteiger partial charge in [0.15, 0.2) is 0 Å². The molecule has 0 atom stereocenters. The summed E-state index contributed by atoms with van der Waals surface area (Å²) in [6.07, 6.45) is 0.834. The highest BCUT2D eigenvalue weighted by Crippen LogP contribution is 2.40. The molecule has 0 radical (unpaired) electrons. The maximum absolute atomic E-state index is 13.9. The third-order valence-corrected chi connectivity index (χ3v) is 6.08. The number of hydrogen-bond acceptors (Lipinski definition) is 5. The van der Waals surface area contributed by atoms with Crippen LogP contribution >= 0.6 is 0 Å². The van der Waals surface area contributed by atoms with Gasteiger partial charge in [-0.05, 0) is 43.7 Å². The van der Waals surface area contributed by atoms with Crippen LogP contribution < -0.4 is 21.3 Å². The largest absolute Gasteiger partial charge is 0.421 e. The van der Waals surface area contributed by atoms with Gasteiger partial charge in [-0.3, -0.25) is 14.6 Å².